The fourth-order valence-electron chi connectivity index (χ4n) is 0.542. The second-order valence-electron chi connectivity index (χ2n) is 1.71. The minimum absolute atomic E-state index is 0. The fourth-order valence-corrected chi connectivity index (χ4v) is 0.542. The van der Waals surface area contributed by atoms with Crippen molar-refractivity contribution >= 4 is 0 Å². The molecule has 3 heteroatoms. The molecule has 0 aliphatic carbocycles. The molecule has 0 bridgehead atoms. The number of H-pyrrole nitrogens is 1. The maximum absolute atomic E-state index is 12.1. The molecular formula is C6H7FIN. The third-order valence-corrected chi connectivity index (χ3v) is 0.922. The number of hydrogen-bond acceptors (Lipinski definition) is 0. The maximum Gasteiger partial charge on any atom is 0.358 e. The number of halogens is 2. The molecule has 1 heterocycles. The highest BCUT2D eigenvalue weighted by Crippen LogP contribution is 1.92. The van der Waals surface area contributed by atoms with E-state index in [4.69, 9.17) is 0 Å². The SMILES string of the molecule is Cc1cc[nH+]c(F)c1.[I-]. The average Bonchev–Trinajstić information content (AvgIpc) is 1.64. The second-order valence-corrected chi connectivity index (χ2v) is 1.71. The summed E-state index contributed by atoms with van der Waals surface area (Å²) in [5.74, 6) is -0.287. The molecule has 0 radical (unpaired) electrons. The van der Waals surface area contributed by atoms with E-state index >= 15 is 0 Å². The van der Waals surface area contributed by atoms with Crippen LogP contribution in [-0.4, -0.2) is 0 Å². The topological polar surface area (TPSA) is 14.1 Å². The molecule has 1 aromatic heterocycles. The van der Waals surface area contributed by atoms with E-state index in [0.29, 0.717) is 0 Å². The van der Waals surface area contributed by atoms with Crippen LogP contribution in [0.15, 0.2) is 18.3 Å². The maximum atomic E-state index is 12.1. The Morgan fingerprint density at radius 3 is 2.56 bits per heavy atom. The smallest absolute Gasteiger partial charge is 0.358 e. The molecule has 1 rings (SSSR count). The third-order valence-electron chi connectivity index (χ3n) is 0.922. The van der Waals surface area contributed by atoms with Crippen molar-refractivity contribution in [1.29, 1.82) is 0 Å². The third kappa shape index (κ3) is 2.74. The molecule has 9 heavy (non-hydrogen) atoms. The van der Waals surface area contributed by atoms with Crippen LogP contribution in [0.25, 0.3) is 0 Å². The summed E-state index contributed by atoms with van der Waals surface area (Å²) >= 11 is 0. The molecule has 0 saturated carbocycles. The predicted molar refractivity (Wildman–Crippen MR) is 27.7 cm³/mol. The van der Waals surface area contributed by atoms with Gasteiger partial charge in [0.2, 0.25) is 0 Å². The van der Waals surface area contributed by atoms with Gasteiger partial charge in [0.05, 0.1) is 0 Å². The Morgan fingerprint density at radius 2 is 2.22 bits per heavy atom. The van der Waals surface area contributed by atoms with Crippen molar-refractivity contribution in [2.24, 2.45) is 0 Å². The van der Waals surface area contributed by atoms with E-state index in [9.17, 15) is 4.39 Å². The van der Waals surface area contributed by atoms with Crippen LogP contribution in [0, 0.1) is 12.9 Å². The normalized spacial score (nSPS) is 8.22. The van der Waals surface area contributed by atoms with E-state index in [1.807, 2.05) is 13.0 Å². The summed E-state index contributed by atoms with van der Waals surface area (Å²) in [6.45, 7) is 1.84. The van der Waals surface area contributed by atoms with Crippen molar-refractivity contribution in [2.75, 3.05) is 0 Å². The van der Waals surface area contributed by atoms with Gasteiger partial charge in [-0.15, -0.1) is 4.39 Å². The number of aromatic amines is 1. The van der Waals surface area contributed by atoms with E-state index in [-0.39, 0.29) is 29.9 Å². The second kappa shape index (κ2) is 3.76. The standard InChI is InChI=1S/C6H6FN.HI/c1-5-2-3-8-6(7)4-5;/h2-4H,1H3;1H. The molecule has 1 N–H and O–H groups in total. The minimum Gasteiger partial charge on any atom is -1.00 e. The molecule has 0 saturated heterocycles. The molecule has 1 aromatic rings. The summed E-state index contributed by atoms with van der Waals surface area (Å²) in [5.41, 5.74) is 0.932. The summed E-state index contributed by atoms with van der Waals surface area (Å²) in [7, 11) is 0. The van der Waals surface area contributed by atoms with Gasteiger partial charge in [-0.2, -0.15) is 4.98 Å². The first kappa shape index (κ1) is 8.81. The highest BCUT2D eigenvalue weighted by Gasteiger charge is 1.93. The Kier molecular flexibility index (Phi) is 3.68. The molecule has 50 valence electrons. The lowest BCUT2D eigenvalue weighted by Gasteiger charge is -1.81. The first-order chi connectivity index (χ1) is 3.79. The Balaban J connectivity index is 0.000000640. The number of aryl methyl sites for hydroxylation is 1. The van der Waals surface area contributed by atoms with Gasteiger partial charge in [0.25, 0.3) is 0 Å². The largest absolute Gasteiger partial charge is 1.00 e. The first-order valence-corrected chi connectivity index (χ1v) is 2.43. The Morgan fingerprint density at radius 1 is 1.56 bits per heavy atom. The minimum atomic E-state index is -0.287. The van der Waals surface area contributed by atoms with Crippen molar-refractivity contribution in [2.45, 2.75) is 6.92 Å². The zero-order valence-corrected chi connectivity index (χ0v) is 7.15. The van der Waals surface area contributed by atoms with Crippen LogP contribution in [0.2, 0.25) is 0 Å². The lowest BCUT2D eigenvalue weighted by Crippen LogP contribution is -3.00. The molecular weight excluding hydrogens is 232 g/mol. The van der Waals surface area contributed by atoms with E-state index < -0.39 is 0 Å². The van der Waals surface area contributed by atoms with E-state index in [1.54, 1.807) is 6.20 Å². The number of nitrogens with one attached hydrogen (secondary N) is 1. The van der Waals surface area contributed by atoms with Crippen LogP contribution in [-0.2, 0) is 0 Å². The highest BCUT2D eigenvalue weighted by atomic mass is 127. The van der Waals surface area contributed by atoms with Crippen LogP contribution in [0.3, 0.4) is 0 Å². The van der Waals surface area contributed by atoms with Gasteiger partial charge in [-0.3, -0.25) is 0 Å². The van der Waals surface area contributed by atoms with Crippen molar-refractivity contribution < 1.29 is 33.4 Å². The molecule has 1 nitrogen and oxygen atoms in total. The average molecular weight is 239 g/mol. The zero-order chi connectivity index (χ0) is 5.98. The molecule has 0 fully saturated rings. The van der Waals surface area contributed by atoms with Gasteiger partial charge in [0.1, 0.15) is 0 Å². The van der Waals surface area contributed by atoms with Gasteiger partial charge in [0.15, 0.2) is 6.20 Å². The number of pyridine rings is 1. The van der Waals surface area contributed by atoms with Gasteiger partial charge in [-0.25, -0.2) is 0 Å². The molecule has 0 atom stereocenters. The molecule has 0 unspecified atom stereocenters. The Labute approximate surface area is 70.3 Å². The first-order valence-electron chi connectivity index (χ1n) is 2.43. The van der Waals surface area contributed by atoms with Gasteiger partial charge in [0, 0.05) is 12.1 Å². The van der Waals surface area contributed by atoms with E-state index in [0.717, 1.165) is 5.56 Å². The summed E-state index contributed by atoms with van der Waals surface area (Å²) in [6.07, 6.45) is 1.57. The van der Waals surface area contributed by atoms with Crippen LogP contribution < -0.4 is 29.0 Å². The van der Waals surface area contributed by atoms with Crippen molar-refractivity contribution in [1.82, 2.24) is 0 Å². The summed E-state index contributed by atoms with van der Waals surface area (Å²) in [4.78, 5) is 2.41. The van der Waals surface area contributed by atoms with Crippen molar-refractivity contribution in [3.8, 4) is 0 Å². The van der Waals surface area contributed by atoms with Gasteiger partial charge < -0.3 is 24.0 Å². The number of hydrogen-bond donors (Lipinski definition) is 0. The lowest BCUT2D eigenvalue weighted by atomic mass is 10.3. The summed E-state index contributed by atoms with van der Waals surface area (Å²) in [6, 6.07) is 3.25. The summed E-state index contributed by atoms with van der Waals surface area (Å²) in [5, 5.41) is 0. The van der Waals surface area contributed by atoms with Crippen LogP contribution in [0.4, 0.5) is 4.39 Å². The van der Waals surface area contributed by atoms with Crippen LogP contribution in [0.1, 0.15) is 5.56 Å². The Bertz CT molecular complexity index is 173. The fraction of sp³-hybridized carbons (Fsp3) is 0.167. The van der Waals surface area contributed by atoms with Crippen LogP contribution >= 0.6 is 0 Å². The lowest BCUT2D eigenvalue weighted by molar-refractivity contribution is -0.421. The molecule has 0 amide bonds. The Hall–Kier alpha value is -0.190. The number of rotatable bonds is 0. The van der Waals surface area contributed by atoms with Crippen LogP contribution in [0.5, 0.6) is 0 Å². The number of aromatic nitrogens is 1. The van der Waals surface area contributed by atoms with Gasteiger partial charge in [-0.05, 0) is 12.5 Å². The molecule has 0 aliphatic rings. The van der Waals surface area contributed by atoms with Gasteiger partial charge in [-0.1, -0.05) is 0 Å². The molecule has 0 spiro atoms. The van der Waals surface area contributed by atoms with E-state index in [1.165, 1.54) is 6.07 Å². The van der Waals surface area contributed by atoms with Crippen molar-refractivity contribution in [3.05, 3.63) is 29.8 Å². The monoisotopic (exact) mass is 239 g/mol. The quantitative estimate of drug-likeness (QED) is 0.365. The van der Waals surface area contributed by atoms with Gasteiger partial charge >= 0.3 is 5.95 Å². The highest BCUT2D eigenvalue weighted by molar-refractivity contribution is 5.03. The zero-order valence-electron chi connectivity index (χ0n) is 4.99. The summed E-state index contributed by atoms with van der Waals surface area (Å²) < 4.78 is 12.1. The molecule has 0 aromatic carbocycles. The van der Waals surface area contributed by atoms with Crippen molar-refractivity contribution in [3.63, 3.8) is 0 Å². The van der Waals surface area contributed by atoms with E-state index in [2.05, 4.69) is 4.98 Å². The predicted octanol–water partition coefficient (Wildman–Crippen LogP) is -2.05. The molecule has 0 aliphatic heterocycles.